The molecule has 1 fully saturated rings. The Morgan fingerprint density at radius 1 is 1.34 bits per heavy atom. The minimum absolute atomic E-state index is 0.105. The van der Waals surface area contributed by atoms with Crippen molar-refractivity contribution in [2.24, 2.45) is 0 Å². The van der Waals surface area contributed by atoms with E-state index in [9.17, 15) is 4.79 Å². The van der Waals surface area contributed by atoms with Gasteiger partial charge in [-0.2, -0.15) is 0 Å². The number of thiophene rings is 1. The average Bonchev–Trinajstić information content (AvgIpc) is 3.58. The molecule has 1 aromatic carbocycles. The van der Waals surface area contributed by atoms with Gasteiger partial charge in [-0.05, 0) is 37.5 Å². The van der Waals surface area contributed by atoms with Gasteiger partial charge in [0.2, 0.25) is 5.91 Å². The molecule has 0 radical (unpaired) electrons. The van der Waals surface area contributed by atoms with Gasteiger partial charge in [0, 0.05) is 22.4 Å². The number of para-hydroxylation sites is 1. The molecule has 0 spiro atoms. The number of fused-ring (bicyclic) bond motifs is 1. The molecule has 3 aromatic heterocycles. The van der Waals surface area contributed by atoms with E-state index in [-0.39, 0.29) is 17.8 Å². The molecular weight excluding hydrogens is 462 g/mol. The van der Waals surface area contributed by atoms with Crippen LogP contribution in [0, 0.1) is 0 Å². The maximum absolute atomic E-state index is 12.6. The third-order valence-corrected chi connectivity index (χ3v) is 8.26. The number of thioether (sulfide) groups is 1. The molecule has 1 atom stereocenters. The molecule has 0 aliphatic carbocycles. The minimum atomic E-state index is -0.105. The maximum atomic E-state index is 12.6. The van der Waals surface area contributed by atoms with Crippen molar-refractivity contribution in [1.29, 1.82) is 0 Å². The number of carbonyl (C=O) groups is 1. The Morgan fingerprint density at radius 2 is 2.25 bits per heavy atom. The molecular formula is C22H23N5O2S3. The van der Waals surface area contributed by atoms with E-state index in [1.54, 1.807) is 11.3 Å². The third kappa shape index (κ3) is 4.73. The number of ether oxygens (including phenoxy) is 1. The van der Waals surface area contributed by atoms with Crippen molar-refractivity contribution in [1.82, 2.24) is 19.7 Å². The van der Waals surface area contributed by atoms with Gasteiger partial charge >= 0.3 is 0 Å². The Labute approximate surface area is 198 Å². The zero-order chi connectivity index (χ0) is 21.9. The van der Waals surface area contributed by atoms with Crippen LogP contribution < -0.4 is 5.32 Å². The lowest BCUT2D eigenvalue weighted by atomic mass is 10.2. The molecule has 1 unspecified atom stereocenters. The van der Waals surface area contributed by atoms with Crippen molar-refractivity contribution in [2.75, 3.05) is 17.7 Å². The number of nitrogens with one attached hydrogen (secondary N) is 1. The summed E-state index contributed by atoms with van der Waals surface area (Å²) in [4.78, 5) is 18.4. The number of aromatic nitrogens is 4. The normalized spacial score (nSPS) is 16.1. The molecule has 1 amide bonds. The number of nitrogens with zero attached hydrogens (tertiary/aromatic N) is 4. The monoisotopic (exact) mass is 485 g/mol. The van der Waals surface area contributed by atoms with Gasteiger partial charge in [0.1, 0.15) is 0 Å². The van der Waals surface area contributed by atoms with E-state index in [1.807, 2.05) is 24.3 Å². The van der Waals surface area contributed by atoms with Crippen LogP contribution in [0.4, 0.5) is 5.13 Å². The molecule has 1 aliphatic heterocycles. The molecule has 5 rings (SSSR count). The molecule has 1 aliphatic rings. The van der Waals surface area contributed by atoms with E-state index >= 15 is 0 Å². The molecule has 1 N–H and O–H groups in total. The van der Waals surface area contributed by atoms with Crippen LogP contribution in [0.15, 0.2) is 40.9 Å². The summed E-state index contributed by atoms with van der Waals surface area (Å²) in [5, 5.41) is 15.3. The maximum Gasteiger partial charge on any atom is 0.236 e. The fraction of sp³-hybridized carbons (Fsp3) is 0.364. The number of hydrogen-bond donors (Lipinski definition) is 1. The van der Waals surface area contributed by atoms with Crippen LogP contribution >= 0.6 is 34.4 Å². The van der Waals surface area contributed by atoms with Crippen molar-refractivity contribution in [2.45, 2.75) is 44.0 Å². The Hall–Kier alpha value is -2.27. The van der Waals surface area contributed by atoms with Gasteiger partial charge in [0.15, 0.2) is 16.1 Å². The van der Waals surface area contributed by atoms with Crippen molar-refractivity contribution < 1.29 is 9.53 Å². The highest BCUT2D eigenvalue weighted by atomic mass is 32.2. The quantitative estimate of drug-likeness (QED) is 0.350. The zero-order valence-electron chi connectivity index (χ0n) is 17.6. The fourth-order valence-electron chi connectivity index (χ4n) is 3.66. The van der Waals surface area contributed by atoms with Crippen LogP contribution in [-0.2, 0) is 22.5 Å². The van der Waals surface area contributed by atoms with E-state index in [4.69, 9.17) is 4.74 Å². The molecule has 166 valence electrons. The first-order valence-corrected chi connectivity index (χ1v) is 13.3. The smallest absolute Gasteiger partial charge is 0.236 e. The highest BCUT2D eigenvalue weighted by Crippen LogP contribution is 2.30. The average molecular weight is 486 g/mol. The van der Waals surface area contributed by atoms with Gasteiger partial charge in [-0.25, -0.2) is 4.98 Å². The Kier molecular flexibility index (Phi) is 6.54. The first-order chi connectivity index (χ1) is 15.7. The lowest BCUT2D eigenvalue weighted by Gasteiger charge is -2.14. The zero-order valence-corrected chi connectivity index (χ0v) is 20.1. The van der Waals surface area contributed by atoms with E-state index < -0.39 is 0 Å². The summed E-state index contributed by atoms with van der Waals surface area (Å²) < 4.78 is 9.02. The predicted molar refractivity (Wildman–Crippen MR) is 131 cm³/mol. The third-order valence-electron chi connectivity index (χ3n) is 5.26. The summed E-state index contributed by atoms with van der Waals surface area (Å²) in [5.41, 5.74) is 1.96. The summed E-state index contributed by atoms with van der Waals surface area (Å²) >= 11 is 4.61. The molecule has 7 nitrogen and oxygen atoms in total. The number of benzene rings is 1. The Balaban J connectivity index is 1.31. The number of hydrogen-bond acceptors (Lipinski definition) is 8. The summed E-state index contributed by atoms with van der Waals surface area (Å²) in [6.07, 6.45) is 3.26. The highest BCUT2D eigenvalue weighted by molar-refractivity contribution is 7.99. The van der Waals surface area contributed by atoms with Crippen molar-refractivity contribution in [3.8, 4) is 11.4 Å². The molecule has 4 heterocycles. The predicted octanol–water partition coefficient (Wildman–Crippen LogP) is 5.09. The fourth-order valence-corrected chi connectivity index (χ4v) is 6.10. The molecule has 4 aromatic rings. The molecule has 1 saturated heterocycles. The SMILES string of the molecule is CCc1cc(-c2nnc(SCC(=O)Nc3nc4ccccc4s3)n2CC2CCCO2)cs1. The lowest BCUT2D eigenvalue weighted by molar-refractivity contribution is -0.113. The van der Waals surface area contributed by atoms with Crippen molar-refractivity contribution >= 4 is 55.7 Å². The van der Waals surface area contributed by atoms with Crippen LogP contribution in [0.2, 0.25) is 0 Å². The van der Waals surface area contributed by atoms with Gasteiger partial charge in [-0.15, -0.1) is 21.5 Å². The van der Waals surface area contributed by atoms with Crippen LogP contribution in [0.3, 0.4) is 0 Å². The van der Waals surface area contributed by atoms with E-state index in [0.29, 0.717) is 11.7 Å². The standard InChI is InChI=1S/C22H23N5O2S3/c1-2-16-10-14(12-30-16)20-25-26-22(27(20)11-15-6-5-9-29-15)31-13-19(28)24-21-23-17-7-3-4-8-18(17)32-21/h3-4,7-8,10,12,15H,2,5-6,9,11,13H2,1H3,(H,23,24,28). The van der Waals surface area contributed by atoms with Crippen LogP contribution in [0.1, 0.15) is 24.6 Å². The number of rotatable bonds is 8. The number of aryl methyl sites for hydroxylation is 1. The van der Waals surface area contributed by atoms with Crippen LogP contribution in [-0.4, -0.2) is 44.1 Å². The summed E-state index contributed by atoms with van der Waals surface area (Å²) in [6, 6.07) is 10.0. The van der Waals surface area contributed by atoms with Gasteiger partial charge in [-0.1, -0.05) is 42.2 Å². The summed E-state index contributed by atoms with van der Waals surface area (Å²) in [7, 11) is 0. The summed E-state index contributed by atoms with van der Waals surface area (Å²) in [6.45, 7) is 3.65. The van der Waals surface area contributed by atoms with E-state index in [1.165, 1.54) is 28.0 Å². The Morgan fingerprint density at radius 3 is 3.03 bits per heavy atom. The van der Waals surface area contributed by atoms with Crippen molar-refractivity contribution in [3.63, 3.8) is 0 Å². The minimum Gasteiger partial charge on any atom is -0.376 e. The second-order valence-electron chi connectivity index (χ2n) is 7.53. The number of amides is 1. The highest BCUT2D eigenvalue weighted by Gasteiger charge is 2.23. The first-order valence-electron chi connectivity index (χ1n) is 10.6. The van der Waals surface area contributed by atoms with E-state index in [2.05, 4.69) is 43.4 Å². The number of carbonyl (C=O) groups excluding carboxylic acids is 1. The Bertz CT molecular complexity index is 1190. The number of anilines is 1. The molecule has 0 bridgehead atoms. The second-order valence-corrected chi connectivity index (χ2v) is 10.5. The lowest BCUT2D eigenvalue weighted by Crippen LogP contribution is -2.18. The van der Waals surface area contributed by atoms with Gasteiger partial charge in [-0.3, -0.25) is 9.36 Å². The molecule has 32 heavy (non-hydrogen) atoms. The van der Waals surface area contributed by atoms with Crippen LogP contribution in [0.25, 0.3) is 21.6 Å². The molecule has 0 saturated carbocycles. The first kappa shape index (κ1) is 21.6. The van der Waals surface area contributed by atoms with Gasteiger partial charge < -0.3 is 10.1 Å². The van der Waals surface area contributed by atoms with E-state index in [0.717, 1.165) is 52.6 Å². The topological polar surface area (TPSA) is 81.9 Å². The van der Waals surface area contributed by atoms with Gasteiger partial charge in [0.05, 0.1) is 28.6 Å². The van der Waals surface area contributed by atoms with Gasteiger partial charge in [0.25, 0.3) is 0 Å². The van der Waals surface area contributed by atoms with Crippen LogP contribution in [0.5, 0.6) is 0 Å². The van der Waals surface area contributed by atoms with Crippen molar-refractivity contribution in [3.05, 3.63) is 40.6 Å². The molecule has 10 heteroatoms. The number of thiazole rings is 1. The summed E-state index contributed by atoms with van der Waals surface area (Å²) in [5.74, 6) is 0.972. The largest absolute Gasteiger partial charge is 0.376 e. The second kappa shape index (κ2) is 9.70.